The Labute approximate surface area is 143 Å². The largest absolute Gasteiger partial charge is 0.507 e. The molecule has 0 spiro atoms. The average Bonchev–Trinajstić information content (AvgIpc) is 2.45. The zero-order valence-corrected chi connectivity index (χ0v) is 14.8. The number of ether oxygens (including phenoxy) is 1. The number of carboxylic acid groups (broad SMARTS) is 1. The van der Waals surface area contributed by atoms with Gasteiger partial charge in [-0.1, -0.05) is 25.0 Å². The summed E-state index contributed by atoms with van der Waals surface area (Å²) < 4.78 is 6.24. The standard InChI is InChI=1S/C20H26O4/c1-5-6-12-10-15-17(18(21)16(12)19(22)23)13-9-11(2)7-8-14(13)20(3,4)24-15/h9-10,13-14,21H,5-8H2,1-4H3,(H,22,23)/t13?,14-/m1/s1. The molecular formula is C20H26O4. The summed E-state index contributed by atoms with van der Waals surface area (Å²) in [6.45, 7) is 8.27. The van der Waals surface area contributed by atoms with Crippen molar-refractivity contribution in [3.63, 3.8) is 0 Å². The Hall–Kier alpha value is -1.97. The van der Waals surface area contributed by atoms with E-state index in [0.717, 1.165) is 19.3 Å². The number of carbonyl (C=O) groups is 1. The fourth-order valence-electron chi connectivity index (χ4n) is 4.32. The number of fused-ring (bicyclic) bond motifs is 3. The second-order valence-corrected chi connectivity index (χ2v) is 7.62. The average molecular weight is 330 g/mol. The molecule has 24 heavy (non-hydrogen) atoms. The van der Waals surface area contributed by atoms with Gasteiger partial charge in [0.25, 0.3) is 0 Å². The van der Waals surface area contributed by atoms with Crippen molar-refractivity contribution in [3.05, 3.63) is 34.4 Å². The van der Waals surface area contributed by atoms with Crippen LogP contribution in [0.15, 0.2) is 17.7 Å². The second kappa shape index (κ2) is 5.83. The molecular weight excluding hydrogens is 304 g/mol. The van der Waals surface area contributed by atoms with E-state index >= 15 is 0 Å². The van der Waals surface area contributed by atoms with Gasteiger partial charge in [0, 0.05) is 17.4 Å². The van der Waals surface area contributed by atoms with Gasteiger partial charge in [0.05, 0.1) is 0 Å². The van der Waals surface area contributed by atoms with Crippen LogP contribution >= 0.6 is 0 Å². The highest BCUT2D eigenvalue weighted by Gasteiger charge is 2.46. The Balaban J connectivity index is 2.26. The fraction of sp³-hybridized carbons (Fsp3) is 0.550. The minimum Gasteiger partial charge on any atom is -0.507 e. The van der Waals surface area contributed by atoms with Crippen LogP contribution < -0.4 is 4.74 Å². The number of benzene rings is 1. The summed E-state index contributed by atoms with van der Waals surface area (Å²) in [6.07, 6.45) is 5.60. The lowest BCUT2D eigenvalue weighted by molar-refractivity contribution is 0.0106. The SMILES string of the molecule is CCCc1cc2c(c(O)c1C(=O)O)C1C=C(C)CC[C@H]1C(C)(C)O2. The molecule has 0 fully saturated rings. The molecule has 0 saturated carbocycles. The first-order valence-corrected chi connectivity index (χ1v) is 8.74. The first-order valence-electron chi connectivity index (χ1n) is 8.74. The number of rotatable bonds is 3. The van der Waals surface area contributed by atoms with Crippen molar-refractivity contribution < 1.29 is 19.7 Å². The summed E-state index contributed by atoms with van der Waals surface area (Å²) in [6, 6.07) is 1.83. The van der Waals surface area contributed by atoms with E-state index in [-0.39, 0.29) is 28.7 Å². The molecule has 1 aromatic carbocycles. The third-order valence-corrected chi connectivity index (χ3v) is 5.46. The molecule has 3 rings (SSSR count). The van der Waals surface area contributed by atoms with Gasteiger partial charge in [-0.15, -0.1) is 0 Å². The molecule has 4 heteroatoms. The minimum absolute atomic E-state index is 0.00581. The number of aromatic hydroxyl groups is 1. The van der Waals surface area contributed by atoms with Gasteiger partial charge in [0.15, 0.2) is 0 Å². The second-order valence-electron chi connectivity index (χ2n) is 7.62. The number of aromatic carboxylic acids is 1. The van der Waals surface area contributed by atoms with Gasteiger partial charge in [-0.2, -0.15) is 0 Å². The molecule has 0 aromatic heterocycles. The van der Waals surface area contributed by atoms with E-state index in [9.17, 15) is 15.0 Å². The molecule has 2 aliphatic rings. The number of hydrogen-bond acceptors (Lipinski definition) is 3. The first-order chi connectivity index (χ1) is 11.3. The molecule has 0 radical (unpaired) electrons. The lowest BCUT2D eigenvalue weighted by Crippen LogP contribution is -2.45. The van der Waals surface area contributed by atoms with Crippen molar-refractivity contribution in [2.45, 2.75) is 64.9 Å². The normalized spacial score (nSPS) is 24.4. The maximum Gasteiger partial charge on any atom is 0.339 e. The number of phenols is 1. The van der Waals surface area contributed by atoms with Crippen molar-refractivity contribution in [2.75, 3.05) is 0 Å². The monoisotopic (exact) mass is 330 g/mol. The van der Waals surface area contributed by atoms with Gasteiger partial charge in [0.2, 0.25) is 0 Å². The van der Waals surface area contributed by atoms with E-state index in [1.165, 1.54) is 5.57 Å². The number of allylic oxidation sites excluding steroid dienone is 2. The molecule has 2 atom stereocenters. The Morgan fingerprint density at radius 1 is 1.42 bits per heavy atom. The highest BCUT2D eigenvalue weighted by atomic mass is 16.5. The number of aryl methyl sites for hydroxylation is 1. The molecule has 1 aliphatic carbocycles. The van der Waals surface area contributed by atoms with Crippen LogP contribution in [0.5, 0.6) is 11.5 Å². The summed E-state index contributed by atoms with van der Waals surface area (Å²) in [4.78, 5) is 11.7. The predicted octanol–water partition coefficient (Wildman–Crippen LogP) is 4.65. The van der Waals surface area contributed by atoms with Crippen molar-refractivity contribution in [3.8, 4) is 11.5 Å². The van der Waals surface area contributed by atoms with E-state index in [1.54, 1.807) is 0 Å². The van der Waals surface area contributed by atoms with E-state index in [4.69, 9.17) is 4.74 Å². The van der Waals surface area contributed by atoms with E-state index < -0.39 is 5.97 Å². The molecule has 1 heterocycles. The van der Waals surface area contributed by atoms with E-state index in [0.29, 0.717) is 23.3 Å². The Bertz CT molecular complexity index is 715. The molecule has 2 N–H and O–H groups in total. The van der Waals surface area contributed by atoms with Crippen LogP contribution in [0.2, 0.25) is 0 Å². The molecule has 0 saturated heterocycles. The Morgan fingerprint density at radius 2 is 2.12 bits per heavy atom. The maximum absolute atomic E-state index is 11.7. The lowest BCUT2D eigenvalue weighted by Gasteiger charge is -2.46. The van der Waals surface area contributed by atoms with Gasteiger partial charge >= 0.3 is 5.97 Å². The highest BCUT2D eigenvalue weighted by Crippen LogP contribution is 2.54. The fourth-order valence-corrected chi connectivity index (χ4v) is 4.32. The summed E-state index contributed by atoms with van der Waals surface area (Å²) in [7, 11) is 0. The van der Waals surface area contributed by atoms with Gasteiger partial charge < -0.3 is 14.9 Å². The van der Waals surface area contributed by atoms with Gasteiger partial charge in [-0.05, 0) is 51.7 Å². The maximum atomic E-state index is 11.7. The van der Waals surface area contributed by atoms with Crippen molar-refractivity contribution >= 4 is 5.97 Å². The summed E-state index contributed by atoms with van der Waals surface area (Å²) in [5.74, 6) is -0.306. The Morgan fingerprint density at radius 3 is 2.75 bits per heavy atom. The summed E-state index contributed by atoms with van der Waals surface area (Å²) >= 11 is 0. The zero-order chi connectivity index (χ0) is 17.6. The van der Waals surface area contributed by atoms with Gasteiger partial charge in [0.1, 0.15) is 22.7 Å². The predicted molar refractivity (Wildman–Crippen MR) is 93.0 cm³/mol. The highest BCUT2D eigenvalue weighted by molar-refractivity contribution is 5.94. The van der Waals surface area contributed by atoms with E-state index in [2.05, 4.69) is 26.8 Å². The smallest absolute Gasteiger partial charge is 0.339 e. The van der Waals surface area contributed by atoms with Crippen molar-refractivity contribution in [1.82, 2.24) is 0 Å². The topological polar surface area (TPSA) is 66.8 Å². The Kier molecular flexibility index (Phi) is 4.10. The zero-order valence-electron chi connectivity index (χ0n) is 14.8. The quantitative estimate of drug-likeness (QED) is 0.791. The van der Waals surface area contributed by atoms with Crippen LogP contribution in [0.25, 0.3) is 0 Å². The lowest BCUT2D eigenvalue weighted by atomic mass is 9.67. The molecule has 4 nitrogen and oxygen atoms in total. The van der Waals surface area contributed by atoms with Crippen LogP contribution in [0.1, 0.15) is 74.4 Å². The first kappa shape index (κ1) is 16.9. The van der Waals surface area contributed by atoms with Gasteiger partial charge in [-0.25, -0.2) is 4.79 Å². The van der Waals surface area contributed by atoms with Crippen molar-refractivity contribution in [2.24, 2.45) is 5.92 Å². The summed E-state index contributed by atoms with van der Waals surface area (Å²) in [5.41, 5.74) is 2.28. The molecule has 1 unspecified atom stereocenters. The molecule has 0 bridgehead atoms. The molecule has 0 amide bonds. The third kappa shape index (κ3) is 2.58. The molecule has 1 aliphatic heterocycles. The van der Waals surface area contributed by atoms with Crippen LogP contribution in [-0.4, -0.2) is 21.8 Å². The number of carboxylic acids is 1. The summed E-state index contributed by atoms with van der Waals surface area (Å²) in [5, 5.41) is 20.4. The van der Waals surface area contributed by atoms with Crippen LogP contribution in [-0.2, 0) is 6.42 Å². The van der Waals surface area contributed by atoms with Crippen LogP contribution in [0.4, 0.5) is 0 Å². The van der Waals surface area contributed by atoms with Crippen LogP contribution in [0, 0.1) is 5.92 Å². The number of hydrogen-bond donors (Lipinski definition) is 2. The third-order valence-electron chi connectivity index (χ3n) is 5.46. The van der Waals surface area contributed by atoms with E-state index in [1.807, 2.05) is 13.0 Å². The minimum atomic E-state index is -1.07. The van der Waals surface area contributed by atoms with Crippen LogP contribution in [0.3, 0.4) is 0 Å². The molecule has 1 aromatic rings. The van der Waals surface area contributed by atoms with Crippen molar-refractivity contribution in [1.29, 1.82) is 0 Å². The van der Waals surface area contributed by atoms with Gasteiger partial charge in [-0.3, -0.25) is 0 Å². The molecule has 130 valence electrons.